The monoisotopic (exact) mass is 424 g/mol. The number of benzene rings is 1. The normalized spacial score (nSPS) is 10.7. The number of hydrogen-bond donors (Lipinski definition) is 1. The Balaban J connectivity index is 1.76. The molecule has 1 aromatic carbocycles. The molecule has 30 heavy (non-hydrogen) atoms. The van der Waals surface area contributed by atoms with Crippen LogP contribution in [0.25, 0.3) is 11.4 Å². The third-order valence-electron chi connectivity index (χ3n) is 4.38. The van der Waals surface area contributed by atoms with Gasteiger partial charge in [-0.3, -0.25) is 14.6 Å². The minimum absolute atomic E-state index is 0.101. The molecule has 0 atom stereocenters. The van der Waals surface area contributed by atoms with Crippen molar-refractivity contribution < 1.29 is 9.59 Å². The highest BCUT2D eigenvalue weighted by Gasteiger charge is 2.19. The molecule has 2 aromatic heterocycles. The quantitative estimate of drug-likeness (QED) is 0.502. The van der Waals surface area contributed by atoms with Crippen LogP contribution in [0.15, 0.2) is 60.0 Å². The number of nitrogens with two attached hydrogens (primary N) is 1. The molecule has 0 radical (unpaired) electrons. The van der Waals surface area contributed by atoms with Crippen LogP contribution in [0.1, 0.15) is 19.8 Å². The molecular formula is C21H24N6O2S. The molecule has 0 bridgehead atoms. The molecule has 156 valence electrons. The summed E-state index contributed by atoms with van der Waals surface area (Å²) in [5, 5.41) is 9.30. The zero-order chi connectivity index (χ0) is 21.3. The molecule has 3 rings (SSSR count). The fourth-order valence-electron chi connectivity index (χ4n) is 2.97. The smallest absolute Gasteiger partial charge is 0.237 e. The first-order valence-corrected chi connectivity index (χ1v) is 10.7. The van der Waals surface area contributed by atoms with Crippen LogP contribution in [-0.2, 0) is 16.1 Å². The van der Waals surface area contributed by atoms with Crippen molar-refractivity contribution >= 4 is 29.3 Å². The topological polar surface area (TPSA) is 107 Å². The van der Waals surface area contributed by atoms with Gasteiger partial charge in [-0.15, -0.1) is 10.2 Å². The van der Waals surface area contributed by atoms with Gasteiger partial charge in [0.25, 0.3) is 0 Å². The summed E-state index contributed by atoms with van der Waals surface area (Å²) < 4.78 is 2.02. The van der Waals surface area contributed by atoms with Gasteiger partial charge >= 0.3 is 0 Å². The molecule has 0 aliphatic carbocycles. The maximum absolute atomic E-state index is 13.0. The number of rotatable bonds is 10. The Morgan fingerprint density at radius 3 is 2.50 bits per heavy atom. The predicted octanol–water partition coefficient (Wildman–Crippen LogP) is 2.75. The molecule has 8 nitrogen and oxygen atoms in total. The number of carbonyl (C=O) groups is 2. The highest BCUT2D eigenvalue weighted by Crippen LogP contribution is 2.25. The van der Waals surface area contributed by atoms with Crippen LogP contribution in [0.4, 0.5) is 5.69 Å². The first kappa shape index (κ1) is 21.5. The Kier molecular flexibility index (Phi) is 7.56. The Morgan fingerprint density at radius 2 is 1.83 bits per heavy atom. The number of para-hydroxylation sites is 1. The van der Waals surface area contributed by atoms with E-state index in [1.54, 1.807) is 17.3 Å². The Labute approximate surface area is 179 Å². The zero-order valence-electron chi connectivity index (χ0n) is 16.8. The molecule has 0 aliphatic rings. The largest absolute Gasteiger partial charge is 0.370 e. The average Bonchev–Trinajstić information content (AvgIpc) is 3.16. The molecule has 2 amide bonds. The van der Waals surface area contributed by atoms with Crippen molar-refractivity contribution in [3.8, 4) is 11.4 Å². The summed E-state index contributed by atoms with van der Waals surface area (Å²) >= 11 is 1.33. The van der Waals surface area contributed by atoms with Gasteiger partial charge in [0.2, 0.25) is 11.8 Å². The zero-order valence-corrected chi connectivity index (χ0v) is 17.6. The van der Waals surface area contributed by atoms with Crippen molar-refractivity contribution in [2.24, 2.45) is 5.73 Å². The predicted molar refractivity (Wildman–Crippen MR) is 117 cm³/mol. The molecule has 3 aromatic rings. The van der Waals surface area contributed by atoms with Gasteiger partial charge in [0.1, 0.15) is 0 Å². The van der Waals surface area contributed by atoms with Gasteiger partial charge in [0.05, 0.1) is 5.75 Å². The van der Waals surface area contributed by atoms with Crippen LogP contribution in [0.2, 0.25) is 0 Å². The van der Waals surface area contributed by atoms with Gasteiger partial charge in [0.15, 0.2) is 11.0 Å². The van der Waals surface area contributed by atoms with Crippen molar-refractivity contribution in [1.82, 2.24) is 19.7 Å². The van der Waals surface area contributed by atoms with E-state index >= 15 is 0 Å². The molecule has 0 saturated carbocycles. The maximum atomic E-state index is 13.0. The number of aromatic nitrogens is 4. The molecule has 0 unspecified atom stereocenters. The number of nitrogens with zero attached hydrogens (tertiary/aromatic N) is 5. The Bertz CT molecular complexity index is 978. The highest BCUT2D eigenvalue weighted by molar-refractivity contribution is 7.99. The third-order valence-corrected chi connectivity index (χ3v) is 5.33. The molecule has 2 N–H and O–H groups in total. The lowest BCUT2D eigenvalue weighted by Crippen LogP contribution is -2.35. The second-order valence-electron chi connectivity index (χ2n) is 6.58. The number of hydrogen-bond acceptors (Lipinski definition) is 6. The fraction of sp³-hybridized carbons (Fsp3) is 0.286. The van der Waals surface area contributed by atoms with Gasteiger partial charge in [-0.05, 0) is 30.7 Å². The van der Waals surface area contributed by atoms with Crippen molar-refractivity contribution in [2.75, 3.05) is 17.2 Å². The number of carbonyl (C=O) groups excluding carboxylic acids is 2. The standard InChI is InChI=1S/C21H24N6O2S/c1-2-13-27-20(16-8-11-23-12-9-16)24-25-21(27)30-15-19(29)26(14-10-18(22)28)17-6-4-3-5-7-17/h3-9,11-12H,2,10,13-15H2,1H3,(H2,22,28). The first-order valence-electron chi connectivity index (χ1n) is 9.70. The van der Waals surface area contributed by atoms with Gasteiger partial charge < -0.3 is 15.2 Å². The lowest BCUT2D eigenvalue weighted by atomic mass is 10.2. The molecule has 0 saturated heterocycles. The van der Waals surface area contributed by atoms with Gasteiger partial charge in [-0.25, -0.2) is 0 Å². The van der Waals surface area contributed by atoms with Crippen molar-refractivity contribution in [3.05, 3.63) is 54.9 Å². The van der Waals surface area contributed by atoms with E-state index in [0.717, 1.165) is 30.0 Å². The minimum atomic E-state index is -0.443. The van der Waals surface area contributed by atoms with Crippen LogP contribution < -0.4 is 10.6 Å². The molecule has 0 aliphatic heterocycles. The third kappa shape index (κ3) is 5.44. The number of pyridine rings is 1. The average molecular weight is 425 g/mol. The minimum Gasteiger partial charge on any atom is -0.370 e. The summed E-state index contributed by atoms with van der Waals surface area (Å²) in [6.45, 7) is 3.06. The Morgan fingerprint density at radius 1 is 1.10 bits per heavy atom. The van der Waals surface area contributed by atoms with Crippen LogP contribution in [0, 0.1) is 0 Å². The molecule has 9 heteroatoms. The van der Waals surface area contributed by atoms with E-state index in [-0.39, 0.29) is 24.6 Å². The van der Waals surface area contributed by atoms with Crippen molar-refractivity contribution in [1.29, 1.82) is 0 Å². The molecule has 2 heterocycles. The summed E-state index contributed by atoms with van der Waals surface area (Å²) in [6, 6.07) is 13.0. The number of amides is 2. The van der Waals surface area contributed by atoms with Crippen molar-refractivity contribution in [2.45, 2.75) is 31.5 Å². The molecule has 0 spiro atoms. The number of thioether (sulfide) groups is 1. The first-order chi connectivity index (χ1) is 14.6. The van der Waals surface area contributed by atoms with Crippen LogP contribution in [-0.4, -0.2) is 43.9 Å². The van der Waals surface area contributed by atoms with Gasteiger partial charge in [-0.1, -0.05) is 36.9 Å². The van der Waals surface area contributed by atoms with E-state index < -0.39 is 5.91 Å². The maximum Gasteiger partial charge on any atom is 0.237 e. The summed E-state index contributed by atoms with van der Waals surface area (Å²) in [7, 11) is 0. The van der Waals surface area contributed by atoms with E-state index in [1.807, 2.05) is 47.0 Å². The van der Waals surface area contributed by atoms with Gasteiger partial charge in [-0.2, -0.15) is 0 Å². The summed E-state index contributed by atoms with van der Waals surface area (Å²) in [6.07, 6.45) is 4.44. The summed E-state index contributed by atoms with van der Waals surface area (Å²) in [4.78, 5) is 29.8. The fourth-order valence-corrected chi connectivity index (χ4v) is 3.81. The SMILES string of the molecule is CCCn1c(SCC(=O)N(CCC(N)=O)c2ccccc2)nnc1-c1ccncc1. The lowest BCUT2D eigenvalue weighted by Gasteiger charge is -2.22. The van der Waals surface area contributed by atoms with E-state index in [4.69, 9.17) is 5.73 Å². The number of anilines is 1. The van der Waals surface area contributed by atoms with Crippen molar-refractivity contribution in [3.63, 3.8) is 0 Å². The van der Waals surface area contributed by atoms with Gasteiger partial charge in [0, 0.05) is 43.2 Å². The van der Waals surface area contributed by atoms with Crippen LogP contribution in [0.3, 0.4) is 0 Å². The summed E-state index contributed by atoms with van der Waals surface area (Å²) in [5.41, 5.74) is 6.95. The van der Waals surface area contributed by atoms with E-state index in [9.17, 15) is 9.59 Å². The molecule has 0 fully saturated rings. The van der Waals surface area contributed by atoms with E-state index in [2.05, 4.69) is 22.1 Å². The second kappa shape index (κ2) is 10.5. The lowest BCUT2D eigenvalue weighted by molar-refractivity contribution is -0.118. The summed E-state index contributed by atoms with van der Waals surface area (Å²) in [5.74, 6) is 0.360. The van der Waals surface area contributed by atoms with Crippen LogP contribution in [0.5, 0.6) is 0 Å². The van der Waals surface area contributed by atoms with Crippen LogP contribution >= 0.6 is 11.8 Å². The molecular weight excluding hydrogens is 400 g/mol. The number of primary amides is 1. The van der Waals surface area contributed by atoms with E-state index in [1.165, 1.54) is 11.8 Å². The van der Waals surface area contributed by atoms with E-state index in [0.29, 0.717) is 5.16 Å². The second-order valence-corrected chi connectivity index (χ2v) is 7.52. The Hall–Kier alpha value is -3.20. The highest BCUT2D eigenvalue weighted by atomic mass is 32.2.